The number of allylic oxidation sites excluding steroid dienone is 6. The van der Waals surface area contributed by atoms with E-state index in [9.17, 15) is 25.0 Å². The van der Waals surface area contributed by atoms with Gasteiger partial charge in [0.05, 0.1) is 22.7 Å². The lowest BCUT2D eigenvalue weighted by atomic mass is 10.1. The van der Waals surface area contributed by atoms with E-state index >= 15 is 0 Å². The van der Waals surface area contributed by atoms with Crippen molar-refractivity contribution in [2.75, 3.05) is 0 Å². The van der Waals surface area contributed by atoms with E-state index in [1.807, 2.05) is 25.2 Å². The predicted molar refractivity (Wildman–Crippen MR) is 106 cm³/mol. The van der Waals surface area contributed by atoms with E-state index in [0.29, 0.717) is 12.8 Å². The molecule has 0 unspecified atom stereocenters. The van der Waals surface area contributed by atoms with Crippen molar-refractivity contribution >= 4 is 6.29 Å². The summed E-state index contributed by atoms with van der Waals surface area (Å²) in [6.07, 6.45) is 18.0. The van der Waals surface area contributed by atoms with Crippen LogP contribution in [0.1, 0.15) is 71.1 Å². The number of carbonyl (C=O) groups is 1. The molecular weight excluding hydrogens is 348 g/mol. The molecule has 0 aromatic carbocycles. The van der Waals surface area contributed by atoms with Gasteiger partial charge in [0.1, 0.15) is 6.29 Å². The van der Waals surface area contributed by atoms with Gasteiger partial charge in [0.15, 0.2) is 0 Å². The highest BCUT2D eigenvalue weighted by molar-refractivity contribution is 5.48. The summed E-state index contributed by atoms with van der Waals surface area (Å²) in [7, 11) is 0. The number of nitro groups is 2. The topological polar surface area (TPSA) is 103 Å². The highest BCUT2D eigenvalue weighted by Crippen LogP contribution is 2.12. The molecule has 0 rings (SSSR count). The highest BCUT2D eigenvalue weighted by atomic mass is 16.6. The van der Waals surface area contributed by atoms with Gasteiger partial charge in [-0.3, -0.25) is 20.2 Å². The molecule has 0 N–H and O–H groups in total. The summed E-state index contributed by atoms with van der Waals surface area (Å²) < 4.78 is 0. The Morgan fingerprint density at radius 1 is 0.778 bits per heavy atom. The molecule has 0 aromatic heterocycles. The van der Waals surface area contributed by atoms with Crippen LogP contribution in [-0.2, 0) is 4.79 Å². The Bertz CT molecular complexity index is 577. The van der Waals surface area contributed by atoms with Crippen LogP contribution in [0, 0.1) is 20.2 Å². The minimum Gasteiger partial charge on any atom is -0.303 e. The molecule has 7 heteroatoms. The Morgan fingerprint density at radius 2 is 1.41 bits per heavy atom. The summed E-state index contributed by atoms with van der Waals surface area (Å²) in [4.78, 5) is 31.3. The molecule has 0 amide bonds. The molecule has 0 saturated heterocycles. The Hall–Kier alpha value is -2.57. The second-order valence-electron chi connectivity index (χ2n) is 6.06. The monoisotopic (exact) mass is 378 g/mol. The summed E-state index contributed by atoms with van der Waals surface area (Å²) in [6.45, 7) is 1.93. The third-order valence-electron chi connectivity index (χ3n) is 3.84. The zero-order valence-corrected chi connectivity index (χ0v) is 16.0. The Labute approximate surface area is 160 Å². The van der Waals surface area contributed by atoms with E-state index in [-0.39, 0.29) is 24.2 Å². The van der Waals surface area contributed by atoms with Crippen molar-refractivity contribution in [3.05, 3.63) is 68.1 Å². The van der Waals surface area contributed by atoms with Crippen LogP contribution < -0.4 is 0 Å². The summed E-state index contributed by atoms with van der Waals surface area (Å²) in [5.74, 6) is 0. The standard InChI is InChI=1S/C20H30N2O5/c1-2-3-11-14-19(21(24)25)16-17-20(22(26)27)15-12-9-7-5-4-6-8-10-13-18-23/h3,7,9,11,15-16,18H,2,4-6,8,10,12-14,17H2,1H3/b9-7-,11-3-,19-16+,20-15+. The van der Waals surface area contributed by atoms with E-state index in [1.165, 1.54) is 12.2 Å². The van der Waals surface area contributed by atoms with E-state index in [0.717, 1.165) is 44.8 Å². The second-order valence-corrected chi connectivity index (χ2v) is 6.06. The third kappa shape index (κ3) is 14.3. The van der Waals surface area contributed by atoms with Gasteiger partial charge in [0.2, 0.25) is 11.4 Å². The molecular formula is C20H30N2O5. The summed E-state index contributed by atoms with van der Waals surface area (Å²) in [5.41, 5.74) is -0.0649. The second kappa shape index (κ2) is 16.9. The SMILES string of the molecule is CC/C=C\C/C(=C\C/C(=C\C/C=C\CCCCCCC=O)[N+](=O)[O-])[N+](=O)[O-]. The van der Waals surface area contributed by atoms with Crippen molar-refractivity contribution in [1.29, 1.82) is 0 Å². The molecule has 0 saturated carbocycles. The zero-order valence-electron chi connectivity index (χ0n) is 16.0. The van der Waals surface area contributed by atoms with Crippen molar-refractivity contribution in [1.82, 2.24) is 0 Å². The Kier molecular flexibility index (Phi) is 15.3. The van der Waals surface area contributed by atoms with E-state index in [1.54, 1.807) is 6.08 Å². The van der Waals surface area contributed by atoms with Crippen LogP contribution in [0.15, 0.2) is 47.9 Å². The smallest absolute Gasteiger partial charge is 0.246 e. The molecule has 0 heterocycles. The number of aldehydes is 1. The van der Waals surface area contributed by atoms with Crippen LogP contribution in [0.2, 0.25) is 0 Å². The van der Waals surface area contributed by atoms with Crippen LogP contribution in [0.3, 0.4) is 0 Å². The number of carbonyl (C=O) groups excluding carboxylic acids is 1. The average molecular weight is 378 g/mol. The number of unbranched alkanes of at least 4 members (excludes halogenated alkanes) is 5. The van der Waals surface area contributed by atoms with Gasteiger partial charge in [-0.1, -0.05) is 44.1 Å². The van der Waals surface area contributed by atoms with Gasteiger partial charge in [-0.15, -0.1) is 0 Å². The van der Waals surface area contributed by atoms with Crippen molar-refractivity contribution in [3.8, 4) is 0 Å². The average Bonchev–Trinajstić information content (AvgIpc) is 2.63. The van der Waals surface area contributed by atoms with Crippen molar-refractivity contribution in [2.24, 2.45) is 0 Å². The lowest BCUT2D eigenvalue weighted by Crippen LogP contribution is -2.01. The first kappa shape index (κ1) is 24.4. The fourth-order valence-corrected chi connectivity index (χ4v) is 2.32. The quantitative estimate of drug-likeness (QED) is 0.115. The molecule has 27 heavy (non-hydrogen) atoms. The van der Waals surface area contributed by atoms with Gasteiger partial charge in [-0.25, -0.2) is 0 Å². The molecule has 150 valence electrons. The maximum atomic E-state index is 11.1. The lowest BCUT2D eigenvalue weighted by Gasteiger charge is -1.97. The summed E-state index contributed by atoms with van der Waals surface area (Å²) in [6, 6.07) is 0. The Balaban J connectivity index is 4.44. The molecule has 0 spiro atoms. The van der Waals surface area contributed by atoms with E-state index in [4.69, 9.17) is 0 Å². The molecule has 0 atom stereocenters. The van der Waals surface area contributed by atoms with Gasteiger partial charge >= 0.3 is 0 Å². The fourth-order valence-electron chi connectivity index (χ4n) is 2.32. The molecule has 0 fully saturated rings. The minimum atomic E-state index is -0.493. The summed E-state index contributed by atoms with van der Waals surface area (Å²) in [5, 5.41) is 22.1. The predicted octanol–water partition coefficient (Wildman–Crippen LogP) is 5.54. The zero-order chi connectivity index (χ0) is 20.3. The molecule has 0 aliphatic rings. The van der Waals surface area contributed by atoms with Crippen LogP contribution in [0.4, 0.5) is 0 Å². The maximum absolute atomic E-state index is 11.1. The number of rotatable bonds is 16. The molecule has 0 radical (unpaired) electrons. The molecule has 0 aliphatic carbocycles. The first-order chi connectivity index (χ1) is 13.0. The van der Waals surface area contributed by atoms with Gasteiger partial charge in [-0.2, -0.15) is 0 Å². The lowest BCUT2D eigenvalue weighted by molar-refractivity contribution is -0.431. The maximum Gasteiger partial charge on any atom is 0.246 e. The largest absolute Gasteiger partial charge is 0.303 e. The number of hydrogen-bond acceptors (Lipinski definition) is 5. The van der Waals surface area contributed by atoms with E-state index < -0.39 is 9.85 Å². The van der Waals surface area contributed by atoms with Crippen molar-refractivity contribution < 1.29 is 14.6 Å². The number of nitrogens with zero attached hydrogens (tertiary/aromatic N) is 2. The third-order valence-corrected chi connectivity index (χ3v) is 3.84. The van der Waals surface area contributed by atoms with Gasteiger partial charge < -0.3 is 4.79 Å². The van der Waals surface area contributed by atoms with Crippen molar-refractivity contribution in [2.45, 2.75) is 71.1 Å². The minimum absolute atomic E-state index is 0.0300. The van der Waals surface area contributed by atoms with Crippen LogP contribution >= 0.6 is 0 Å². The molecule has 7 nitrogen and oxygen atoms in total. The van der Waals surface area contributed by atoms with Gasteiger partial charge in [-0.05, 0) is 44.3 Å². The Morgan fingerprint density at radius 3 is 2.00 bits per heavy atom. The molecule has 0 aliphatic heterocycles. The number of hydrogen-bond donors (Lipinski definition) is 0. The molecule has 0 bridgehead atoms. The van der Waals surface area contributed by atoms with Crippen LogP contribution in [0.5, 0.6) is 0 Å². The van der Waals surface area contributed by atoms with E-state index in [2.05, 4.69) is 0 Å². The fraction of sp³-hybridized carbons (Fsp3) is 0.550. The van der Waals surface area contributed by atoms with Gasteiger partial charge in [0, 0.05) is 6.42 Å². The van der Waals surface area contributed by atoms with Gasteiger partial charge in [0.25, 0.3) is 0 Å². The first-order valence-electron chi connectivity index (χ1n) is 9.43. The van der Waals surface area contributed by atoms with Crippen LogP contribution in [0.25, 0.3) is 0 Å². The highest BCUT2D eigenvalue weighted by Gasteiger charge is 2.13. The summed E-state index contributed by atoms with van der Waals surface area (Å²) >= 11 is 0. The van der Waals surface area contributed by atoms with Crippen molar-refractivity contribution in [3.63, 3.8) is 0 Å². The molecule has 0 aromatic rings. The normalized spacial score (nSPS) is 12.8. The first-order valence-corrected chi connectivity index (χ1v) is 9.43. The van der Waals surface area contributed by atoms with Crippen LogP contribution in [-0.4, -0.2) is 16.1 Å².